The molecule has 0 radical (unpaired) electrons. The summed E-state index contributed by atoms with van der Waals surface area (Å²) in [7, 11) is 0. The Balaban J connectivity index is 1.47. The van der Waals surface area contributed by atoms with Crippen molar-refractivity contribution in [1.29, 1.82) is 0 Å². The highest BCUT2D eigenvalue weighted by Crippen LogP contribution is 2.45. The van der Waals surface area contributed by atoms with Crippen LogP contribution in [0.25, 0.3) is 0 Å². The molecule has 0 saturated heterocycles. The van der Waals surface area contributed by atoms with Gasteiger partial charge in [-0.15, -0.1) is 0 Å². The molecule has 0 aliphatic heterocycles. The number of unbranched alkanes of at least 4 members (excludes halogenated alkanes) is 6. The van der Waals surface area contributed by atoms with E-state index >= 15 is 0 Å². The van der Waals surface area contributed by atoms with Crippen molar-refractivity contribution >= 4 is 0 Å². The van der Waals surface area contributed by atoms with Gasteiger partial charge < -0.3 is 14.2 Å². The highest BCUT2D eigenvalue weighted by atomic mass is 16.9. The van der Waals surface area contributed by atoms with Gasteiger partial charge in [0.1, 0.15) is 0 Å². The molecule has 0 N–H and O–H groups in total. The Bertz CT molecular complexity index is 376. The van der Waals surface area contributed by atoms with Crippen molar-refractivity contribution in [3.8, 4) is 0 Å². The van der Waals surface area contributed by atoms with Crippen LogP contribution in [0.15, 0.2) is 12.2 Å². The number of allylic oxidation sites excluding steroid dienone is 2. The molecule has 26 heavy (non-hydrogen) atoms. The zero-order chi connectivity index (χ0) is 18.7. The molecule has 2 aliphatic carbocycles. The third-order valence-corrected chi connectivity index (χ3v) is 6.07. The quantitative estimate of drug-likeness (QED) is 0.178. The predicted octanol–water partition coefficient (Wildman–Crippen LogP) is 6.47. The Morgan fingerprint density at radius 2 is 1.31 bits per heavy atom. The molecular formula is C23H42O3. The van der Waals surface area contributed by atoms with E-state index in [1.165, 1.54) is 57.8 Å². The van der Waals surface area contributed by atoms with Gasteiger partial charge in [-0.05, 0) is 64.2 Å². The van der Waals surface area contributed by atoms with Crippen LogP contribution < -0.4 is 0 Å². The maximum absolute atomic E-state index is 5.79. The van der Waals surface area contributed by atoms with Gasteiger partial charge in [-0.1, -0.05) is 50.7 Å². The van der Waals surface area contributed by atoms with E-state index in [-0.39, 0.29) is 0 Å². The molecule has 0 amide bonds. The molecule has 3 atom stereocenters. The monoisotopic (exact) mass is 366 g/mol. The van der Waals surface area contributed by atoms with E-state index < -0.39 is 5.97 Å². The molecular weight excluding hydrogens is 324 g/mol. The first-order valence-electron chi connectivity index (χ1n) is 11.3. The lowest BCUT2D eigenvalue weighted by molar-refractivity contribution is -0.380. The lowest BCUT2D eigenvalue weighted by Crippen LogP contribution is -2.39. The van der Waals surface area contributed by atoms with Gasteiger partial charge in [-0.3, -0.25) is 0 Å². The SMILES string of the molecule is CCOC(CCCCCCCCCC1CC2C=CC1C2)(OCC)OCC. The van der Waals surface area contributed by atoms with E-state index in [0.29, 0.717) is 19.8 Å². The summed E-state index contributed by atoms with van der Waals surface area (Å²) in [5, 5.41) is 0. The molecule has 2 rings (SSSR count). The van der Waals surface area contributed by atoms with E-state index in [2.05, 4.69) is 12.2 Å². The largest absolute Gasteiger partial charge is 0.328 e. The van der Waals surface area contributed by atoms with Gasteiger partial charge in [0.15, 0.2) is 0 Å². The Kier molecular flexibility index (Phi) is 10.2. The topological polar surface area (TPSA) is 27.7 Å². The molecule has 0 aromatic rings. The fourth-order valence-electron chi connectivity index (χ4n) is 4.86. The molecule has 2 bridgehead atoms. The van der Waals surface area contributed by atoms with Crippen molar-refractivity contribution < 1.29 is 14.2 Å². The summed E-state index contributed by atoms with van der Waals surface area (Å²) in [6.45, 7) is 7.87. The average Bonchev–Trinajstić information content (AvgIpc) is 3.24. The minimum absolute atomic E-state index is 0.623. The summed E-state index contributed by atoms with van der Waals surface area (Å²) in [5.74, 6) is 2.06. The summed E-state index contributed by atoms with van der Waals surface area (Å²) >= 11 is 0. The van der Waals surface area contributed by atoms with E-state index in [1.54, 1.807) is 0 Å². The third-order valence-electron chi connectivity index (χ3n) is 6.07. The Morgan fingerprint density at radius 3 is 1.81 bits per heavy atom. The maximum atomic E-state index is 5.79. The van der Waals surface area contributed by atoms with Gasteiger partial charge in [0.25, 0.3) is 5.97 Å². The Morgan fingerprint density at radius 1 is 0.731 bits per heavy atom. The van der Waals surface area contributed by atoms with E-state index in [0.717, 1.165) is 30.6 Å². The number of hydrogen-bond donors (Lipinski definition) is 0. The summed E-state index contributed by atoms with van der Waals surface area (Å²) in [6, 6.07) is 0. The van der Waals surface area contributed by atoms with Gasteiger partial charge in [0.05, 0.1) is 0 Å². The number of rotatable bonds is 16. The minimum atomic E-state index is -0.812. The van der Waals surface area contributed by atoms with Gasteiger partial charge in [-0.25, -0.2) is 0 Å². The molecule has 0 heterocycles. The van der Waals surface area contributed by atoms with Crippen LogP contribution in [0.3, 0.4) is 0 Å². The second-order valence-corrected chi connectivity index (χ2v) is 8.04. The van der Waals surface area contributed by atoms with Gasteiger partial charge in [0, 0.05) is 26.2 Å². The summed E-state index contributed by atoms with van der Waals surface area (Å²) in [6.07, 6.45) is 19.4. The van der Waals surface area contributed by atoms with Crippen molar-refractivity contribution in [1.82, 2.24) is 0 Å². The smallest absolute Gasteiger partial charge is 0.282 e. The minimum Gasteiger partial charge on any atom is -0.328 e. The fourth-order valence-corrected chi connectivity index (χ4v) is 4.86. The first-order valence-corrected chi connectivity index (χ1v) is 11.3. The zero-order valence-corrected chi connectivity index (χ0v) is 17.5. The predicted molar refractivity (Wildman–Crippen MR) is 108 cm³/mol. The molecule has 0 aromatic carbocycles. The highest BCUT2D eigenvalue weighted by molar-refractivity contribution is 5.09. The standard InChI is InChI=1S/C23H42O3/c1-4-24-23(25-5-2,26-6-3)17-13-11-9-7-8-10-12-14-21-18-20-15-16-22(21)19-20/h15-16,20-22H,4-14,17-19H2,1-3H3. The first-order chi connectivity index (χ1) is 12.7. The number of ether oxygens (including phenoxy) is 3. The molecule has 3 heteroatoms. The second kappa shape index (κ2) is 12.2. The lowest BCUT2D eigenvalue weighted by Gasteiger charge is -2.32. The fraction of sp³-hybridized carbons (Fsp3) is 0.913. The van der Waals surface area contributed by atoms with E-state index in [9.17, 15) is 0 Å². The van der Waals surface area contributed by atoms with Crippen LogP contribution in [-0.2, 0) is 14.2 Å². The van der Waals surface area contributed by atoms with Crippen LogP contribution in [-0.4, -0.2) is 25.8 Å². The zero-order valence-electron chi connectivity index (χ0n) is 17.5. The van der Waals surface area contributed by atoms with Crippen LogP contribution >= 0.6 is 0 Å². The summed E-state index contributed by atoms with van der Waals surface area (Å²) < 4.78 is 17.4. The summed E-state index contributed by atoms with van der Waals surface area (Å²) in [5.41, 5.74) is 0. The van der Waals surface area contributed by atoms with Gasteiger partial charge >= 0.3 is 0 Å². The number of hydrogen-bond acceptors (Lipinski definition) is 3. The average molecular weight is 367 g/mol. The van der Waals surface area contributed by atoms with Gasteiger partial charge in [0.2, 0.25) is 0 Å². The second-order valence-electron chi connectivity index (χ2n) is 8.04. The molecule has 1 saturated carbocycles. The first kappa shape index (κ1) is 21.9. The molecule has 152 valence electrons. The molecule has 2 aliphatic rings. The maximum Gasteiger partial charge on any atom is 0.282 e. The molecule has 0 spiro atoms. The van der Waals surface area contributed by atoms with Crippen LogP contribution in [0.5, 0.6) is 0 Å². The van der Waals surface area contributed by atoms with Crippen LogP contribution in [0, 0.1) is 17.8 Å². The molecule has 3 unspecified atom stereocenters. The normalized spacial score (nSPS) is 24.7. The van der Waals surface area contributed by atoms with Crippen LogP contribution in [0.2, 0.25) is 0 Å². The van der Waals surface area contributed by atoms with Crippen molar-refractivity contribution in [3.63, 3.8) is 0 Å². The van der Waals surface area contributed by atoms with Crippen molar-refractivity contribution in [2.45, 2.75) is 97.4 Å². The van der Waals surface area contributed by atoms with Crippen molar-refractivity contribution in [2.75, 3.05) is 19.8 Å². The van der Waals surface area contributed by atoms with Crippen molar-refractivity contribution in [3.05, 3.63) is 12.2 Å². The number of fused-ring (bicyclic) bond motifs is 2. The molecule has 1 fully saturated rings. The highest BCUT2D eigenvalue weighted by Gasteiger charge is 2.34. The van der Waals surface area contributed by atoms with Crippen LogP contribution in [0.4, 0.5) is 0 Å². The third kappa shape index (κ3) is 6.98. The molecule has 0 aromatic heterocycles. The lowest BCUT2D eigenvalue weighted by atomic mass is 9.88. The van der Waals surface area contributed by atoms with Crippen LogP contribution in [0.1, 0.15) is 91.4 Å². The van der Waals surface area contributed by atoms with E-state index in [4.69, 9.17) is 14.2 Å². The Hall–Kier alpha value is -0.380. The van der Waals surface area contributed by atoms with Gasteiger partial charge in [-0.2, -0.15) is 0 Å². The van der Waals surface area contributed by atoms with Crippen molar-refractivity contribution in [2.24, 2.45) is 17.8 Å². The molecule has 3 nitrogen and oxygen atoms in total. The Labute approximate surface area is 161 Å². The summed E-state index contributed by atoms with van der Waals surface area (Å²) in [4.78, 5) is 0. The van der Waals surface area contributed by atoms with E-state index in [1.807, 2.05) is 20.8 Å².